The average molecular weight is 312 g/mol. The molecule has 0 saturated heterocycles. The first kappa shape index (κ1) is 16.6. The van der Waals surface area contributed by atoms with Crippen LogP contribution in [-0.4, -0.2) is 31.0 Å². The lowest BCUT2D eigenvalue weighted by Gasteiger charge is -2.23. The maximum atomic E-state index is 11.8. The lowest BCUT2D eigenvalue weighted by molar-refractivity contribution is 0.462. The third-order valence-corrected chi connectivity index (χ3v) is 5.96. The second-order valence-corrected chi connectivity index (χ2v) is 8.33. The minimum atomic E-state index is -2.90. The van der Waals surface area contributed by atoms with Crippen LogP contribution in [0.4, 0.5) is 0 Å². The van der Waals surface area contributed by atoms with E-state index >= 15 is 0 Å². The largest absolute Gasteiger partial charge is 0.353 e. The molecule has 2 rings (SSSR count). The third-order valence-electron chi connectivity index (χ3n) is 4.13. The highest BCUT2D eigenvalue weighted by atomic mass is 32.2. The lowest BCUT2D eigenvalue weighted by Crippen LogP contribution is -2.25. The molecular weight excluding hydrogens is 284 g/mol. The molecule has 0 fully saturated rings. The molecule has 1 atom stereocenters. The molecule has 0 aliphatic heterocycles. The first-order valence-electron chi connectivity index (χ1n) is 8.18. The summed E-state index contributed by atoms with van der Waals surface area (Å²) < 4.78 is 25.7. The number of rotatable bonds is 8. The molecule has 0 amide bonds. The molecule has 0 saturated carbocycles. The normalized spacial score (nSPS) is 18.7. The maximum absolute atomic E-state index is 11.8. The van der Waals surface area contributed by atoms with Gasteiger partial charge < -0.3 is 9.88 Å². The van der Waals surface area contributed by atoms with E-state index in [1.54, 1.807) is 0 Å². The Morgan fingerprint density at radius 2 is 2.05 bits per heavy atom. The number of fused-ring (bicyclic) bond motifs is 1. The van der Waals surface area contributed by atoms with E-state index in [0.29, 0.717) is 24.8 Å². The second-order valence-electron chi connectivity index (χ2n) is 6.03. The zero-order valence-corrected chi connectivity index (χ0v) is 14.1. The molecule has 0 spiro atoms. The van der Waals surface area contributed by atoms with Crippen LogP contribution in [0.25, 0.3) is 0 Å². The minimum absolute atomic E-state index is 0.251. The monoisotopic (exact) mass is 312 g/mol. The number of nitrogens with one attached hydrogen (secondary N) is 1. The van der Waals surface area contributed by atoms with Gasteiger partial charge in [-0.2, -0.15) is 0 Å². The van der Waals surface area contributed by atoms with E-state index in [9.17, 15) is 8.42 Å². The highest BCUT2D eigenvalue weighted by Crippen LogP contribution is 2.30. The standard InChI is InChI=1S/C16H28N2O2S/c1-3-8-17-16-7-5-6-14-12-18(13-15(14)16)9-11-21(19,20)10-4-2/h12-13,16-17H,3-11H2,1-2H3. The molecular formula is C16H28N2O2S. The summed E-state index contributed by atoms with van der Waals surface area (Å²) in [5.74, 6) is 0.552. The van der Waals surface area contributed by atoms with Crippen molar-refractivity contribution in [3.63, 3.8) is 0 Å². The van der Waals surface area contributed by atoms with Crippen molar-refractivity contribution in [1.82, 2.24) is 9.88 Å². The van der Waals surface area contributed by atoms with Crippen molar-refractivity contribution in [3.8, 4) is 0 Å². The summed E-state index contributed by atoms with van der Waals surface area (Å²) >= 11 is 0. The highest BCUT2D eigenvalue weighted by Gasteiger charge is 2.21. The van der Waals surface area contributed by atoms with Gasteiger partial charge in [-0.05, 0) is 49.8 Å². The van der Waals surface area contributed by atoms with E-state index in [2.05, 4.69) is 29.2 Å². The van der Waals surface area contributed by atoms with Crippen LogP contribution in [0, 0.1) is 0 Å². The van der Waals surface area contributed by atoms with Crippen LogP contribution >= 0.6 is 0 Å². The van der Waals surface area contributed by atoms with Gasteiger partial charge in [0.05, 0.1) is 5.75 Å². The minimum Gasteiger partial charge on any atom is -0.353 e. The van der Waals surface area contributed by atoms with Crippen molar-refractivity contribution in [2.45, 2.75) is 58.5 Å². The summed E-state index contributed by atoms with van der Waals surface area (Å²) in [4.78, 5) is 0. The Balaban J connectivity index is 2.02. The average Bonchev–Trinajstić information content (AvgIpc) is 2.86. The number of aromatic nitrogens is 1. The van der Waals surface area contributed by atoms with E-state index < -0.39 is 9.84 Å². The van der Waals surface area contributed by atoms with Crippen molar-refractivity contribution in [1.29, 1.82) is 0 Å². The van der Waals surface area contributed by atoms with Gasteiger partial charge in [-0.3, -0.25) is 0 Å². The van der Waals surface area contributed by atoms with Gasteiger partial charge in [-0.1, -0.05) is 13.8 Å². The lowest BCUT2D eigenvalue weighted by atomic mass is 9.91. The van der Waals surface area contributed by atoms with Crippen LogP contribution in [0.15, 0.2) is 12.4 Å². The topological polar surface area (TPSA) is 51.1 Å². The van der Waals surface area contributed by atoms with E-state index in [1.807, 2.05) is 6.92 Å². The Morgan fingerprint density at radius 3 is 2.76 bits per heavy atom. The Kier molecular flexibility index (Phi) is 5.88. The van der Waals surface area contributed by atoms with Gasteiger partial charge in [0.15, 0.2) is 9.84 Å². The summed E-state index contributed by atoms with van der Waals surface area (Å²) in [6.07, 6.45) is 9.67. The summed E-state index contributed by atoms with van der Waals surface area (Å²) in [6, 6.07) is 0.446. The zero-order chi connectivity index (χ0) is 15.3. The highest BCUT2D eigenvalue weighted by molar-refractivity contribution is 7.91. The first-order valence-corrected chi connectivity index (χ1v) is 10.00. The fourth-order valence-electron chi connectivity index (χ4n) is 3.07. The molecule has 0 aromatic carbocycles. The van der Waals surface area contributed by atoms with Crippen LogP contribution in [0.5, 0.6) is 0 Å². The van der Waals surface area contributed by atoms with Crippen molar-refractivity contribution in [2.24, 2.45) is 0 Å². The number of hydrogen-bond acceptors (Lipinski definition) is 3. The Labute approximate surface area is 128 Å². The number of nitrogens with zero attached hydrogens (tertiary/aromatic N) is 1. The maximum Gasteiger partial charge on any atom is 0.152 e. The fraction of sp³-hybridized carbons (Fsp3) is 0.750. The summed E-state index contributed by atoms with van der Waals surface area (Å²) in [5, 5.41) is 3.60. The fourth-order valence-corrected chi connectivity index (χ4v) is 4.38. The van der Waals surface area contributed by atoms with Gasteiger partial charge in [0, 0.05) is 30.7 Å². The SMILES string of the molecule is CCCNC1CCCc2cn(CCS(=O)(=O)CCC)cc21. The Bertz CT molecular complexity index is 549. The van der Waals surface area contributed by atoms with Crippen molar-refractivity contribution in [3.05, 3.63) is 23.5 Å². The van der Waals surface area contributed by atoms with E-state index in [4.69, 9.17) is 0 Å². The quantitative estimate of drug-likeness (QED) is 0.803. The van der Waals surface area contributed by atoms with Crippen LogP contribution in [-0.2, 0) is 22.8 Å². The molecule has 1 N–H and O–H groups in total. The molecule has 0 bridgehead atoms. The molecule has 1 aliphatic rings. The molecule has 5 heteroatoms. The molecule has 1 aromatic heterocycles. The molecule has 120 valence electrons. The van der Waals surface area contributed by atoms with Crippen molar-refractivity contribution < 1.29 is 8.42 Å². The zero-order valence-electron chi connectivity index (χ0n) is 13.3. The molecule has 1 aliphatic carbocycles. The van der Waals surface area contributed by atoms with Crippen LogP contribution in [0.1, 0.15) is 56.7 Å². The third kappa shape index (κ3) is 4.58. The first-order chi connectivity index (χ1) is 10.1. The number of aryl methyl sites for hydroxylation is 2. The van der Waals surface area contributed by atoms with Gasteiger partial charge >= 0.3 is 0 Å². The van der Waals surface area contributed by atoms with Crippen LogP contribution < -0.4 is 5.32 Å². The van der Waals surface area contributed by atoms with Crippen molar-refractivity contribution >= 4 is 9.84 Å². The Morgan fingerprint density at radius 1 is 1.24 bits per heavy atom. The van der Waals surface area contributed by atoms with E-state index in [1.165, 1.54) is 24.0 Å². The summed E-state index contributed by atoms with van der Waals surface area (Å²) in [6.45, 7) is 5.71. The molecule has 1 aromatic rings. The predicted molar refractivity (Wildman–Crippen MR) is 87.3 cm³/mol. The molecule has 1 unspecified atom stereocenters. The Hall–Kier alpha value is -0.810. The smallest absolute Gasteiger partial charge is 0.152 e. The second kappa shape index (κ2) is 7.45. The van der Waals surface area contributed by atoms with Gasteiger partial charge in [0.2, 0.25) is 0 Å². The van der Waals surface area contributed by atoms with Gasteiger partial charge in [-0.15, -0.1) is 0 Å². The number of sulfone groups is 1. The summed E-state index contributed by atoms with van der Waals surface area (Å²) in [7, 11) is -2.90. The van der Waals surface area contributed by atoms with Crippen LogP contribution in [0.2, 0.25) is 0 Å². The molecule has 4 nitrogen and oxygen atoms in total. The number of hydrogen-bond donors (Lipinski definition) is 1. The van der Waals surface area contributed by atoms with Gasteiger partial charge in [0.25, 0.3) is 0 Å². The molecule has 0 radical (unpaired) electrons. The van der Waals surface area contributed by atoms with Crippen molar-refractivity contribution in [2.75, 3.05) is 18.1 Å². The van der Waals surface area contributed by atoms with Gasteiger partial charge in [-0.25, -0.2) is 8.42 Å². The molecule has 1 heterocycles. The summed E-state index contributed by atoms with van der Waals surface area (Å²) in [5.41, 5.74) is 2.77. The van der Waals surface area contributed by atoms with E-state index in [-0.39, 0.29) is 5.75 Å². The van der Waals surface area contributed by atoms with Crippen LogP contribution in [0.3, 0.4) is 0 Å². The van der Waals surface area contributed by atoms with Gasteiger partial charge in [0.1, 0.15) is 0 Å². The van der Waals surface area contributed by atoms with E-state index in [0.717, 1.165) is 19.4 Å². The molecule has 21 heavy (non-hydrogen) atoms. The predicted octanol–water partition coefficient (Wildman–Crippen LogP) is 2.69.